The third kappa shape index (κ3) is 9.48. The largest absolute Gasteiger partial charge is 0.493 e. The maximum atomic E-state index is 12.7. The summed E-state index contributed by atoms with van der Waals surface area (Å²) in [6, 6.07) is 3.00. The second kappa shape index (κ2) is 16.8. The van der Waals surface area contributed by atoms with Gasteiger partial charge in [-0.3, -0.25) is 9.59 Å². The second-order valence-electron chi connectivity index (χ2n) is 11.2. The van der Waals surface area contributed by atoms with E-state index in [9.17, 15) is 55.5 Å². The molecule has 2 aliphatic rings. The average molecular weight is 679 g/mol. The summed E-state index contributed by atoms with van der Waals surface area (Å²) in [5, 5.41) is 88.9. The molecule has 0 amide bonds. The lowest BCUT2D eigenvalue weighted by Gasteiger charge is -2.42. The van der Waals surface area contributed by atoms with Gasteiger partial charge in [-0.25, -0.2) is 0 Å². The number of aliphatic hydroxyl groups excluding tert-OH is 8. The molecule has 0 bridgehead atoms. The fourth-order valence-electron chi connectivity index (χ4n) is 4.99. The van der Waals surface area contributed by atoms with E-state index in [1.54, 1.807) is 0 Å². The predicted molar refractivity (Wildman–Crippen MR) is 154 cm³/mol. The van der Waals surface area contributed by atoms with Crippen LogP contribution >= 0.6 is 0 Å². The number of carboxylic acid groups (broad SMARTS) is 1. The van der Waals surface area contributed by atoms with Crippen LogP contribution in [0.5, 0.6) is 17.2 Å². The van der Waals surface area contributed by atoms with Gasteiger partial charge in [0.1, 0.15) is 55.4 Å². The molecule has 0 radical (unpaired) electrons. The van der Waals surface area contributed by atoms with Crippen molar-refractivity contribution in [3.05, 3.63) is 23.8 Å². The number of rotatable bonds is 15. The molecule has 2 heterocycles. The Morgan fingerprint density at radius 1 is 0.809 bits per heavy atom. The number of ether oxygens (including phenoxy) is 7. The molecule has 0 spiro atoms. The Bertz CT molecular complexity index is 1200. The van der Waals surface area contributed by atoms with Crippen LogP contribution in [-0.2, 0) is 28.5 Å². The van der Waals surface area contributed by atoms with Crippen LogP contribution in [0.4, 0.5) is 0 Å². The molecule has 3 rings (SSSR count). The van der Waals surface area contributed by atoms with Gasteiger partial charge in [0, 0.05) is 0 Å². The molecule has 0 aliphatic carbocycles. The van der Waals surface area contributed by atoms with E-state index in [-0.39, 0.29) is 23.9 Å². The van der Waals surface area contributed by atoms with E-state index < -0.39 is 105 Å². The Morgan fingerprint density at radius 3 is 1.81 bits per heavy atom. The molecule has 2 fully saturated rings. The van der Waals surface area contributed by atoms with Crippen LogP contribution in [0.2, 0.25) is 0 Å². The number of aliphatic carboxylic acids is 1. The normalized spacial score (nSPS) is 32.4. The number of benzene rings is 1. The Balaban J connectivity index is 1.66. The number of carbonyl (C=O) groups excluding carboxylic acids is 1. The third-order valence-electron chi connectivity index (χ3n) is 7.51. The highest BCUT2D eigenvalue weighted by atomic mass is 16.7. The summed E-state index contributed by atoms with van der Waals surface area (Å²) >= 11 is 0. The molecule has 18 heteroatoms. The number of aliphatic hydroxyl groups is 8. The molecule has 0 saturated carbocycles. The van der Waals surface area contributed by atoms with Crippen LogP contribution in [0.25, 0.3) is 6.08 Å². The van der Waals surface area contributed by atoms with Gasteiger partial charge in [-0.15, -0.1) is 0 Å². The summed E-state index contributed by atoms with van der Waals surface area (Å²) in [7, 11) is 2.65. The van der Waals surface area contributed by atoms with Crippen molar-refractivity contribution in [1.82, 2.24) is 0 Å². The van der Waals surface area contributed by atoms with E-state index in [4.69, 9.17) is 33.2 Å². The number of methoxy groups -OCH3 is 2. The maximum absolute atomic E-state index is 12.7. The van der Waals surface area contributed by atoms with Crippen LogP contribution in [0.1, 0.15) is 25.3 Å². The molecule has 0 unspecified atom stereocenters. The fourth-order valence-corrected chi connectivity index (χ4v) is 4.99. The van der Waals surface area contributed by atoms with Gasteiger partial charge in [-0.05, 0) is 30.7 Å². The van der Waals surface area contributed by atoms with Gasteiger partial charge >= 0.3 is 11.9 Å². The van der Waals surface area contributed by atoms with Gasteiger partial charge in [-0.1, -0.05) is 6.08 Å². The molecule has 11 atom stereocenters. The summed E-state index contributed by atoms with van der Waals surface area (Å²) in [6.07, 6.45) is -14.3. The maximum Gasteiger partial charge on any atom is 0.309 e. The highest BCUT2D eigenvalue weighted by Crippen LogP contribution is 2.41. The molecule has 2 aliphatic heterocycles. The van der Waals surface area contributed by atoms with Crippen LogP contribution in [-0.4, -0.2) is 159 Å². The van der Waals surface area contributed by atoms with Gasteiger partial charge in [-0.2, -0.15) is 0 Å². The lowest BCUT2D eigenvalue weighted by molar-refractivity contribution is -0.325. The molecule has 47 heavy (non-hydrogen) atoms. The monoisotopic (exact) mass is 678 g/mol. The van der Waals surface area contributed by atoms with Crippen molar-refractivity contribution in [2.75, 3.05) is 34.0 Å². The van der Waals surface area contributed by atoms with Crippen molar-refractivity contribution in [1.29, 1.82) is 0 Å². The first-order chi connectivity index (χ1) is 22.2. The zero-order chi connectivity index (χ0) is 35.1. The Labute approximate surface area is 268 Å². The first-order valence-corrected chi connectivity index (χ1v) is 14.4. The smallest absolute Gasteiger partial charge is 0.309 e. The Morgan fingerprint density at radius 2 is 1.32 bits per heavy atom. The first-order valence-electron chi connectivity index (χ1n) is 14.4. The fraction of sp³-hybridized carbons (Fsp3) is 0.655. The summed E-state index contributed by atoms with van der Waals surface area (Å²) in [4.78, 5) is 24.2. The molecule has 18 nitrogen and oxygen atoms in total. The van der Waals surface area contributed by atoms with E-state index in [1.807, 2.05) is 0 Å². The minimum atomic E-state index is -1.82. The Hall–Kier alpha value is -3.14. The highest BCUT2D eigenvalue weighted by Gasteiger charge is 2.48. The van der Waals surface area contributed by atoms with E-state index in [0.29, 0.717) is 5.56 Å². The minimum absolute atomic E-state index is 0.0278. The van der Waals surface area contributed by atoms with Gasteiger partial charge in [0.05, 0.1) is 45.9 Å². The van der Waals surface area contributed by atoms with Crippen LogP contribution in [0.3, 0.4) is 0 Å². The van der Waals surface area contributed by atoms with Crippen molar-refractivity contribution in [2.24, 2.45) is 0 Å². The zero-order valence-electron chi connectivity index (χ0n) is 25.8. The Kier molecular flexibility index (Phi) is 13.7. The molecule has 266 valence electrons. The molecule has 0 aromatic heterocycles. The number of carbonyl (C=O) groups is 2. The van der Waals surface area contributed by atoms with Crippen molar-refractivity contribution in [2.45, 2.75) is 86.8 Å². The van der Waals surface area contributed by atoms with E-state index in [1.165, 1.54) is 45.4 Å². The van der Waals surface area contributed by atoms with E-state index >= 15 is 0 Å². The molecule has 1 aromatic carbocycles. The summed E-state index contributed by atoms with van der Waals surface area (Å²) in [6.45, 7) is -0.417. The third-order valence-corrected chi connectivity index (χ3v) is 7.51. The van der Waals surface area contributed by atoms with E-state index in [0.717, 1.165) is 0 Å². The topological polar surface area (TPSA) is 281 Å². The van der Waals surface area contributed by atoms with Crippen molar-refractivity contribution in [3.63, 3.8) is 0 Å². The van der Waals surface area contributed by atoms with Crippen molar-refractivity contribution < 1.29 is 88.7 Å². The number of esters is 1. The predicted octanol–water partition coefficient (Wildman–Crippen LogP) is -3.12. The number of hydrogen-bond acceptors (Lipinski definition) is 17. The van der Waals surface area contributed by atoms with Crippen molar-refractivity contribution >= 4 is 18.0 Å². The average Bonchev–Trinajstić information content (AvgIpc) is 3.03. The van der Waals surface area contributed by atoms with Gasteiger partial charge in [0.15, 0.2) is 17.8 Å². The molecular formula is C29H42O18. The zero-order valence-corrected chi connectivity index (χ0v) is 25.8. The van der Waals surface area contributed by atoms with Crippen LogP contribution in [0.15, 0.2) is 18.2 Å². The lowest BCUT2D eigenvalue weighted by atomic mass is 9.95. The molecular weight excluding hydrogens is 636 g/mol. The van der Waals surface area contributed by atoms with Gasteiger partial charge < -0.3 is 79.1 Å². The molecule has 1 aromatic rings. The summed E-state index contributed by atoms with van der Waals surface area (Å²) in [5.74, 6) is -2.06. The number of hydrogen-bond donors (Lipinski definition) is 9. The van der Waals surface area contributed by atoms with Crippen LogP contribution < -0.4 is 14.2 Å². The van der Waals surface area contributed by atoms with Gasteiger partial charge in [0.2, 0.25) is 12.0 Å². The lowest BCUT2D eigenvalue weighted by Crippen LogP contribution is -2.60. The summed E-state index contributed by atoms with van der Waals surface area (Å²) < 4.78 is 37.9. The second-order valence-corrected chi connectivity index (χ2v) is 11.2. The molecule has 2 saturated heterocycles. The SMILES string of the molecule is COc1cc(C=CCOC(=O)C[C@](C)(CC(=O)O)O[C@@H]2O[C@H](CO)[C@@H](O)[C@H](O)[C@H]2O)cc(OC)c1O[C@H]1O[C@H](CO)[C@@H](O)[C@H](O)[C@H]1O. The van der Waals surface area contributed by atoms with Gasteiger partial charge in [0.25, 0.3) is 0 Å². The molecule has 9 N–H and O–H groups in total. The summed E-state index contributed by atoms with van der Waals surface area (Å²) in [5.41, 5.74) is -1.32. The minimum Gasteiger partial charge on any atom is -0.493 e. The van der Waals surface area contributed by atoms with E-state index in [2.05, 4.69) is 0 Å². The van der Waals surface area contributed by atoms with Crippen LogP contribution in [0, 0.1) is 0 Å². The van der Waals surface area contributed by atoms with Crippen molar-refractivity contribution in [3.8, 4) is 17.2 Å². The first kappa shape index (κ1) is 38.3. The highest BCUT2D eigenvalue weighted by molar-refractivity contribution is 5.74. The standard InChI is InChI=1S/C29H42O18/c1-29(9-18(32)33,47-28-25(40)23(38)21(36)17(12-31)45-28)10-19(34)43-6-4-5-13-7-14(41-2)26(15(8-13)42-3)46-27-24(39)22(37)20(35)16(11-30)44-27/h4-5,7-8,16-17,20-25,27-28,30-31,35-40H,6,9-12H2,1-3H3,(H,32,33)/t16-,17-,20-,21-,22+,23+,24-,25-,27-,28+,29+/m1/s1. The quantitative estimate of drug-likeness (QED) is 0.0830. The number of carboxylic acids is 1.